The zero-order valence-corrected chi connectivity index (χ0v) is 18.4. The van der Waals surface area contributed by atoms with Crippen molar-refractivity contribution in [1.29, 1.82) is 0 Å². The first-order valence-corrected chi connectivity index (χ1v) is 10.8. The van der Waals surface area contributed by atoms with E-state index in [-0.39, 0.29) is 23.7 Å². The van der Waals surface area contributed by atoms with E-state index < -0.39 is 0 Å². The van der Waals surface area contributed by atoms with Crippen LogP contribution in [0.4, 0.5) is 10.5 Å². The quantitative estimate of drug-likeness (QED) is 0.698. The second kappa shape index (κ2) is 9.82. The van der Waals surface area contributed by atoms with Crippen LogP contribution in [0.5, 0.6) is 5.75 Å². The van der Waals surface area contributed by atoms with Crippen molar-refractivity contribution in [2.24, 2.45) is 7.05 Å². The lowest BCUT2D eigenvalue weighted by Crippen LogP contribution is -2.42. The minimum atomic E-state index is -0.131. The van der Waals surface area contributed by atoms with Crippen molar-refractivity contribution in [3.63, 3.8) is 0 Å². The zero-order valence-electron chi connectivity index (χ0n) is 18.4. The summed E-state index contributed by atoms with van der Waals surface area (Å²) in [6.45, 7) is 8.03. The van der Waals surface area contributed by atoms with Crippen molar-refractivity contribution in [3.05, 3.63) is 40.6 Å². The maximum Gasteiger partial charge on any atom is 0.345 e. The number of hydrogen-bond acceptors (Lipinski definition) is 4. The summed E-state index contributed by atoms with van der Waals surface area (Å²) in [4.78, 5) is 27.0. The molecule has 30 heavy (non-hydrogen) atoms. The molecule has 2 amide bonds. The number of nitrogens with one attached hydrogen (secondary N) is 1. The molecule has 1 saturated heterocycles. The Kier molecular flexibility index (Phi) is 7.18. The molecule has 0 bridgehead atoms. The van der Waals surface area contributed by atoms with E-state index in [9.17, 15) is 9.59 Å². The highest BCUT2D eigenvalue weighted by Gasteiger charge is 2.30. The molecule has 0 aliphatic carbocycles. The molecule has 0 saturated carbocycles. The predicted octanol–water partition coefficient (Wildman–Crippen LogP) is 3.75. The molecule has 1 aliphatic rings. The fourth-order valence-electron chi connectivity index (χ4n) is 3.81. The van der Waals surface area contributed by atoms with Crippen molar-refractivity contribution in [3.8, 4) is 5.75 Å². The van der Waals surface area contributed by atoms with Crippen LogP contribution < -0.4 is 15.7 Å². The Morgan fingerprint density at radius 3 is 2.70 bits per heavy atom. The van der Waals surface area contributed by atoms with Crippen LogP contribution in [0, 0.1) is 0 Å². The van der Waals surface area contributed by atoms with Gasteiger partial charge in [0.1, 0.15) is 11.6 Å². The molecule has 1 aromatic carbocycles. The molecule has 1 unspecified atom stereocenters. The smallest absolute Gasteiger partial charge is 0.345 e. The van der Waals surface area contributed by atoms with E-state index in [4.69, 9.17) is 4.74 Å². The molecule has 3 rings (SSSR count). The summed E-state index contributed by atoms with van der Waals surface area (Å²) in [6.07, 6.45) is 3.91. The van der Waals surface area contributed by atoms with Crippen molar-refractivity contribution in [2.45, 2.75) is 58.4 Å². The summed E-state index contributed by atoms with van der Waals surface area (Å²) in [6, 6.07) is 7.36. The number of unbranched alkanes of at least 4 members (excludes halogenated alkanes) is 1. The van der Waals surface area contributed by atoms with E-state index in [0.717, 1.165) is 42.9 Å². The maximum absolute atomic E-state index is 12.8. The number of carbonyl (C=O) groups is 1. The lowest BCUT2D eigenvalue weighted by Gasteiger charge is -2.32. The van der Waals surface area contributed by atoms with Gasteiger partial charge in [-0.25, -0.2) is 14.3 Å². The van der Waals surface area contributed by atoms with Crippen LogP contribution in [-0.2, 0) is 7.05 Å². The van der Waals surface area contributed by atoms with Gasteiger partial charge in [0, 0.05) is 37.8 Å². The van der Waals surface area contributed by atoms with Crippen LogP contribution in [0.1, 0.15) is 64.2 Å². The van der Waals surface area contributed by atoms with Gasteiger partial charge in [-0.15, -0.1) is 0 Å². The molecule has 2 aromatic rings. The van der Waals surface area contributed by atoms with E-state index in [1.807, 2.05) is 43.0 Å². The average Bonchev–Trinajstić information content (AvgIpc) is 3.04. The number of nitrogens with zero attached hydrogens (tertiary/aromatic N) is 4. The number of ether oxygens (including phenoxy) is 1. The molecule has 1 aliphatic heterocycles. The van der Waals surface area contributed by atoms with Gasteiger partial charge >= 0.3 is 11.7 Å². The second-order valence-electron chi connectivity index (χ2n) is 8.17. The first-order valence-electron chi connectivity index (χ1n) is 10.8. The van der Waals surface area contributed by atoms with Crippen molar-refractivity contribution < 1.29 is 9.53 Å². The summed E-state index contributed by atoms with van der Waals surface area (Å²) in [5.74, 6) is 1.63. The third-order valence-corrected chi connectivity index (χ3v) is 5.44. The molecular formula is C22H33N5O3. The zero-order chi connectivity index (χ0) is 21.7. The van der Waals surface area contributed by atoms with Gasteiger partial charge in [-0.05, 0) is 57.4 Å². The molecule has 1 fully saturated rings. The average molecular weight is 416 g/mol. The van der Waals surface area contributed by atoms with E-state index in [1.54, 1.807) is 11.6 Å². The number of rotatable bonds is 7. The van der Waals surface area contributed by atoms with Crippen molar-refractivity contribution >= 4 is 11.7 Å². The maximum atomic E-state index is 12.8. The van der Waals surface area contributed by atoms with Gasteiger partial charge in [0.25, 0.3) is 0 Å². The van der Waals surface area contributed by atoms with Crippen molar-refractivity contribution in [1.82, 2.24) is 19.2 Å². The Morgan fingerprint density at radius 1 is 1.30 bits per heavy atom. The van der Waals surface area contributed by atoms with Crippen LogP contribution in [0.3, 0.4) is 0 Å². The lowest BCUT2D eigenvalue weighted by molar-refractivity contribution is 0.190. The highest BCUT2D eigenvalue weighted by molar-refractivity contribution is 5.89. The number of amides is 2. The molecular weight excluding hydrogens is 382 g/mol. The number of benzene rings is 1. The Bertz CT molecular complexity index is 900. The first-order chi connectivity index (χ1) is 14.4. The number of aryl methyl sites for hydroxylation is 1. The van der Waals surface area contributed by atoms with Crippen LogP contribution in [0.2, 0.25) is 0 Å². The van der Waals surface area contributed by atoms with Gasteiger partial charge in [-0.1, -0.05) is 13.3 Å². The standard InChI is InChI=1S/C22H33N5O3/c1-5-6-14-30-19-11-9-18(10-12-19)23-21(28)26-13-7-8-17(15-26)20-24-25(4)22(29)27(20)16(2)3/h9-12,16-17H,5-8,13-15H2,1-4H3,(H,23,28). The Balaban J connectivity index is 1.64. The first kappa shape index (κ1) is 21.9. The topological polar surface area (TPSA) is 81.4 Å². The number of anilines is 1. The number of carbonyl (C=O) groups excluding carboxylic acids is 1. The Hall–Kier alpha value is -2.77. The largest absolute Gasteiger partial charge is 0.494 e. The number of aromatic nitrogens is 3. The van der Waals surface area contributed by atoms with Gasteiger partial charge in [-0.2, -0.15) is 5.10 Å². The van der Waals surface area contributed by atoms with Crippen LogP contribution in [0.25, 0.3) is 0 Å². The molecule has 1 atom stereocenters. The summed E-state index contributed by atoms with van der Waals surface area (Å²) in [5, 5.41) is 7.44. The number of likely N-dealkylation sites (tertiary alicyclic amines) is 1. The predicted molar refractivity (Wildman–Crippen MR) is 117 cm³/mol. The van der Waals surface area contributed by atoms with Gasteiger partial charge in [-0.3, -0.25) is 4.57 Å². The summed E-state index contributed by atoms with van der Waals surface area (Å²) in [5.41, 5.74) is 0.629. The third-order valence-electron chi connectivity index (χ3n) is 5.44. The number of piperidine rings is 1. The fourth-order valence-corrected chi connectivity index (χ4v) is 3.81. The van der Waals surface area contributed by atoms with E-state index in [2.05, 4.69) is 17.3 Å². The lowest BCUT2D eigenvalue weighted by atomic mass is 9.97. The van der Waals surface area contributed by atoms with Crippen LogP contribution >= 0.6 is 0 Å². The van der Waals surface area contributed by atoms with Crippen molar-refractivity contribution in [2.75, 3.05) is 25.0 Å². The van der Waals surface area contributed by atoms with E-state index >= 15 is 0 Å². The normalized spacial score (nSPS) is 16.7. The number of urea groups is 1. The minimum Gasteiger partial charge on any atom is -0.494 e. The highest BCUT2D eigenvalue weighted by atomic mass is 16.5. The molecule has 8 nitrogen and oxygen atoms in total. The Labute approximate surface area is 177 Å². The van der Waals surface area contributed by atoms with E-state index in [1.165, 1.54) is 4.68 Å². The van der Waals surface area contributed by atoms with Crippen LogP contribution in [-0.4, -0.2) is 45.0 Å². The third kappa shape index (κ3) is 5.04. The van der Waals surface area contributed by atoms with Gasteiger partial charge in [0.05, 0.1) is 6.61 Å². The second-order valence-corrected chi connectivity index (χ2v) is 8.17. The highest BCUT2D eigenvalue weighted by Crippen LogP contribution is 2.27. The summed E-state index contributed by atoms with van der Waals surface area (Å²) < 4.78 is 8.79. The van der Waals surface area contributed by atoms with Gasteiger partial charge in [0.2, 0.25) is 0 Å². The molecule has 0 spiro atoms. The molecule has 1 aromatic heterocycles. The van der Waals surface area contributed by atoms with Gasteiger partial charge < -0.3 is 15.0 Å². The molecule has 2 heterocycles. The number of hydrogen-bond donors (Lipinski definition) is 1. The molecule has 1 N–H and O–H groups in total. The molecule has 164 valence electrons. The Morgan fingerprint density at radius 2 is 2.03 bits per heavy atom. The van der Waals surface area contributed by atoms with Crippen LogP contribution in [0.15, 0.2) is 29.1 Å². The summed E-state index contributed by atoms with van der Waals surface area (Å²) >= 11 is 0. The SMILES string of the molecule is CCCCOc1ccc(NC(=O)N2CCCC(c3nn(C)c(=O)n3C(C)C)C2)cc1. The summed E-state index contributed by atoms with van der Waals surface area (Å²) in [7, 11) is 1.67. The monoisotopic (exact) mass is 415 g/mol. The molecule has 0 radical (unpaired) electrons. The van der Waals surface area contributed by atoms with Gasteiger partial charge in [0.15, 0.2) is 0 Å². The van der Waals surface area contributed by atoms with E-state index in [0.29, 0.717) is 19.7 Å². The fraction of sp³-hybridized carbons (Fsp3) is 0.591. The minimum absolute atomic E-state index is 0.0310. The molecule has 8 heteroatoms.